The van der Waals surface area contributed by atoms with Crippen molar-refractivity contribution in [3.8, 4) is 11.5 Å². The lowest BCUT2D eigenvalue weighted by molar-refractivity contribution is 0.0756. The maximum absolute atomic E-state index is 12.2. The van der Waals surface area contributed by atoms with Crippen LogP contribution in [0.1, 0.15) is 17.3 Å². The molecule has 1 atom stereocenters. The topological polar surface area (TPSA) is 38.8 Å². The summed E-state index contributed by atoms with van der Waals surface area (Å²) >= 11 is 5.75. The molecule has 1 aromatic carbocycles. The van der Waals surface area contributed by atoms with Gasteiger partial charge in [0.1, 0.15) is 0 Å². The molecule has 0 heterocycles. The lowest BCUT2D eigenvalue weighted by Gasteiger charge is -2.23. The van der Waals surface area contributed by atoms with Crippen molar-refractivity contribution >= 4 is 17.5 Å². The molecule has 0 aliphatic carbocycles. The molecule has 0 fully saturated rings. The molecule has 1 rings (SSSR count). The van der Waals surface area contributed by atoms with Gasteiger partial charge in [0.2, 0.25) is 0 Å². The highest BCUT2D eigenvalue weighted by atomic mass is 35.5. The highest BCUT2D eigenvalue weighted by Crippen LogP contribution is 2.28. The van der Waals surface area contributed by atoms with Gasteiger partial charge in [0.05, 0.1) is 14.2 Å². The van der Waals surface area contributed by atoms with Crippen molar-refractivity contribution in [1.82, 2.24) is 4.90 Å². The molecule has 4 nitrogen and oxygen atoms in total. The summed E-state index contributed by atoms with van der Waals surface area (Å²) in [5.41, 5.74) is 0.548. The number of amides is 1. The van der Waals surface area contributed by atoms with E-state index in [0.29, 0.717) is 22.9 Å². The Kier molecular flexibility index (Phi) is 5.28. The molecule has 0 aliphatic heterocycles. The van der Waals surface area contributed by atoms with Crippen molar-refractivity contribution in [1.29, 1.82) is 0 Å². The number of methoxy groups -OCH3 is 2. The predicted molar refractivity (Wildman–Crippen MR) is 71.8 cm³/mol. The first kappa shape index (κ1) is 14.6. The van der Waals surface area contributed by atoms with Crippen molar-refractivity contribution in [2.24, 2.45) is 0 Å². The summed E-state index contributed by atoms with van der Waals surface area (Å²) in [4.78, 5) is 13.8. The third-order valence-corrected chi connectivity index (χ3v) is 3.28. The van der Waals surface area contributed by atoms with E-state index < -0.39 is 0 Å². The highest BCUT2D eigenvalue weighted by Gasteiger charge is 2.18. The number of alkyl halides is 1. The van der Waals surface area contributed by atoms with Crippen molar-refractivity contribution in [3.05, 3.63) is 23.8 Å². The highest BCUT2D eigenvalue weighted by molar-refractivity contribution is 6.18. The lowest BCUT2D eigenvalue weighted by Crippen LogP contribution is -2.36. The van der Waals surface area contributed by atoms with Crippen LogP contribution in [0.25, 0.3) is 0 Å². The Hall–Kier alpha value is -1.42. The van der Waals surface area contributed by atoms with Crippen LogP contribution in [0.15, 0.2) is 18.2 Å². The zero-order valence-corrected chi connectivity index (χ0v) is 11.8. The minimum atomic E-state index is -0.0934. The molecule has 0 N–H and O–H groups in total. The second-order valence-corrected chi connectivity index (χ2v) is 4.30. The van der Waals surface area contributed by atoms with Crippen LogP contribution >= 0.6 is 11.6 Å². The summed E-state index contributed by atoms with van der Waals surface area (Å²) < 4.78 is 10.3. The van der Waals surface area contributed by atoms with E-state index in [4.69, 9.17) is 21.1 Å². The van der Waals surface area contributed by atoms with Gasteiger partial charge in [-0.15, -0.1) is 11.6 Å². The molecule has 1 aromatic rings. The Labute approximate surface area is 112 Å². The summed E-state index contributed by atoms with van der Waals surface area (Å²) in [6.45, 7) is 1.89. The maximum Gasteiger partial charge on any atom is 0.254 e. The molecule has 0 aromatic heterocycles. The number of benzene rings is 1. The summed E-state index contributed by atoms with van der Waals surface area (Å²) in [6, 6.07) is 5.07. The molecule has 0 radical (unpaired) electrons. The van der Waals surface area contributed by atoms with E-state index in [1.54, 1.807) is 37.3 Å². The van der Waals surface area contributed by atoms with Crippen LogP contribution in [0.5, 0.6) is 11.5 Å². The Morgan fingerprint density at radius 2 is 1.94 bits per heavy atom. The van der Waals surface area contributed by atoms with Crippen LogP contribution < -0.4 is 9.47 Å². The minimum Gasteiger partial charge on any atom is -0.493 e. The predicted octanol–water partition coefficient (Wildman–Crippen LogP) is 2.40. The first-order valence-electron chi connectivity index (χ1n) is 5.60. The van der Waals surface area contributed by atoms with Gasteiger partial charge in [-0.2, -0.15) is 0 Å². The molecule has 100 valence electrons. The second kappa shape index (κ2) is 6.50. The maximum atomic E-state index is 12.2. The van der Waals surface area contributed by atoms with Gasteiger partial charge in [0, 0.05) is 24.5 Å². The van der Waals surface area contributed by atoms with Crippen LogP contribution in [-0.4, -0.2) is 44.0 Å². The van der Waals surface area contributed by atoms with Gasteiger partial charge in [0.15, 0.2) is 11.5 Å². The summed E-state index contributed by atoms with van der Waals surface area (Å²) in [5.74, 6) is 1.44. The minimum absolute atomic E-state index is 0.0211. The smallest absolute Gasteiger partial charge is 0.254 e. The van der Waals surface area contributed by atoms with E-state index in [1.165, 1.54) is 7.11 Å². The number of nitrogens with zero attached hydrogens (tertiary/aromatic N) is 1. The van der Waals surface area contributed by atoms with Gasteiger partial charge in [-0.3, -0.25) is 4.79 Å². The Morgan fingerprint density at radius 1 is 1.33 bits per heavy atom. The van der Waals surface area contributed by atoms with Crippen molar-refractivity contribution < 1.29 is 14.3 Å². The number of carbonyl (C=O) groups excluding carboxylic acids is 1. The SMILES string of the molecule is COc1ccc(C(=O)N(C)C(C)CCl)cc1OC. The molecule has 5 heteroatoms. The van der Waals surface area contributed by atoms with Crippen molar-refractivity contribution in [3.63, 3.8) is 0 Å². The second-order valence-electron chi connectivity index (χ2n) is 3.99. The molecule has 0 spiro atoms. The van der Waals surface area contributed by atoms with E-state index in [0.717, 1.165) is 0 Å². The third kappa shape index (κ3) is 3.07. The average Bonchev–Trinajstić information content (AvgIpc) is 2.43. The van der Waals surface area contributed by atoms with Gasteiger partial charge < -0.3 is 14.4 Å². The van der Waals surface area contributed by atoms with Gasteiger partial charge >= 0.3 is 0 Å². The monoisotopic (exact) mass is 271 g/mol. The Bertz CT molecular complexity index is 423. The molecule has 18 heavy (non-hydrogen) atoms. The van der Waals surface area contributed by atoms with E-state index in [9.17, 15) is 4.79 Å². The van der Waals surface area contributed by atoms with Gasteiger partial charge in [0.25, 0.3) is 5.91 Å². The van der Waals surface area contributed by atoms with E-state index in [-0.39, 0.29) is 11.9 Å². The molecule has 0 saturated heterocycles. The van der Waals surface area contributed by atoms with Crippen LogP contribution in [-0.2, 0) is 0 Å². The van der Waals surface area contributed by atoms with Crippen LogP contribution in [0.2, 0.25) is 0 Å². The van der Waals surface area contributed by atoms with Crippen LogP contribution in [0.4, 0.5) is 0 Å². The first-order valence-corrected chi connectivity index (χ1v) is 6.13. The fraction of sp³-hybridized carbons (Fsp3) is 0.462. The summed E-state index contributed by atoms with van der Waals surface area (Å²) in [5, 5.41) is 0. The third-order valence-electron chi connectivity index (χ3n) is 2.84. The van der Waals surface area contributed by atoms with Crippen molar-refractivity contribution in [2.75, 3.05) is 27.1 Å². The van der Waals surface area contributed by atoms with Gasteiger partial charge in [-0.05, 0) is 25.1 Å². The van der Waals surface area contributed by atoms with Gasteiger partial charge in [-0.25, -0.2) is 0 Å². The fourth-order valence-corrected chi connectivity index (χ4v) is 1.68. The summed E-state index contributed by atoms with van der Waals surface area (Å²) in [6.07, 6.45) is 0. The Morgan fingerprint density at radius 3 is 2.44 bits per heavy atom. The molecule has 0 saturated carbocycles. The standard InChI is InChI=1S/C13H18ClNO3/c1-9(8-14)15(2)13(16)10-5-6-11(17-3)12(7-10)18-4/h5-7,9H,8H2,1-4H3. The average molecular weight is 272 g/mol. The molecule has 1 unspecified atom stereocenters. The van der Waals surface area contributed by atoms with Crippen LogP contribution in [0.3, 0.4) is 0 Å². The number of halogens is 1. The van der Waals surface area contributed by atoms with Crippen LogP contribution in [0, 0.1) is 0 Å². The molecular formula is C13H18ClNO3. The zero-order chi connectivity index (χ0) is 13.7. The molecule has 1 amide bonds. The molecular weight excluding hydrogens is 254 g/mol. The number of carbonyl (C=O) groups is 1. The largest absolute Gasteiger partial charge is 0.493 e. The number of hydrogen-bond donors (Lipinski definition) is 0. The normalized spacial score (nSPS) is 11.8. The van der Waals surface area contributed by atoms with E-state index in [1.807, 2.05) is 6.92 Å². The zero-order valence-electron chi connectivity index (χ0n) is 11.1. The first-order chi connectivity index (χ1) is 8.54. The van der Waals surface area contributed by atoms with Gasteiger partial charge in [-0.1, -0.05) is 0 Å². The Balaban J connectivity index is 3.00. The quantitative estimate of drug-likeness (QED) is 0.772. The number of hydrogen-bond acceptors (Lipinski definition) is 3. The van der Waals surface area contributed by atoms with E-state index in [2.05, 4.69) is 0 Å². The van der Waals surface area contributed by atoms with E-state index >= 15 is 0 Å². The molecule has 0 bridgehead atoms. The van der Waals surface area contributed by atoms with Crippen molar-refractivity contribution in [2.45, 2.75) is 13.0 Å². The lowest BCUT2D eigenvalue weighted by atomic mass is 10.1. The number of rotatable bonds is 5. The fourth-order valence-electron chi connectivity index (χ4n) is 1.48. The summed E-state index contributed by atoms with van der Waals surface area (Å²) in [7, 11) is 4.82. The molecule has 0 aliphatic rings. The number of ether oxygens (including phenoxy) is 2.